The number of amides is 1. The number of imidazole rings is 1. The molecule has 3 aromatic rings. The number of H-pyrrole nitrogens is 1. The first-order valence-corrected chi connectivity index (χ1v) is 11.0. The Morgan fingerprint density at radius 1 is 1.12 bits per heavy atom. The Balaban J connectivity index is 1.48. The zero-order chi connectivity index (χ0) is 22.9. The number of carbonyl (C=O) groups is 1. The molecule has 32 heavy (non-hydrogen) atoms. The number of benzene rings is 1. The highest BCUT2D eigenvalue weighted by Gasteiger charge is 2.27. The molecule has 1 fully saturated rings. The summed E-state index contributed by atoms with van der Waals surface area (Å²) in [7, 11) is 0. The van der Waals surface area contributed by atoms with Crippen molar-refractivity contribution in [2.24, 2.45) is 0 Å². The van der Waals surface area contributed by atoms with Crippen molar-refractivity contribution >= 4 is 34.8 Å². The summed E-state index contributed by atoms with van der Waals surface area (Å²) in [4.78, 5) is 40.9. The third-order valence-electron chi connectivity index (χ3n) is 5.25. The maximum absolute atomic E-state index is 13.0. The van der Waals surface area contributed by atoms with Crippen molar-refractivity contribution in [3.8, 4) is 0 Å². The number of aryl methyl sites for hydroxylation is 1. The van der Waals surface area contributed by atoms with Gasteiger partial charge in [-0.05, 0) is 44.4 Å². The maximum atomic E-state index is 13.0. The van der Waals surface area contributed by atoms with E-state index in [1.165, 1.54) is 4.57 Å². The number of fused-ring (bicyclic) bond motifs is 1. The van der Waals surface area contributed by atoms with Crippen LogP contribution in [0.3, 0.4) is 0 Å². The molecule has 1 N–H and O–H groups in total. The molecule has 0 radical (unpaired) electrons. The number of hydrogen-bond donors (Lipinski definition) is 1. The van der Waals surface area contributed by atoms with Crippen LogP contribution in [0.2, 0.25) is 5.28 Å². The van der Waals surface area contributed by atoms with Gasteiger partial charge in [-0.1, -0.05) is 30.3 Å². The van der Waals surface area contributed by atoms with Crippen molar-refractivity contribution in [1.29, 1.82) is 0 Å². The summed E-state index contributed by atoms with van der Waals surface area (Å²) < 4.78 is 6.90. The summed E-state index contributed by atoms with van der Waals surface area (Å²) in [5, 5.41) is 0.117. The number of piperazine rings is 1. The van der Waals surface area contributed by atoms with Crippen LogP contribution >= 0.6 is 11.6 Å². The Morgan fingerprint density at radius 2 is 1.81 bits per heavy atom. The van der Waals surface area contributed by atoms with Crippen molar-refractivity contribution in [2.45, 2.75) is 39.3 Å². The summed E-state index contributed by atoms with van der Waals surface area (Å²) in [5.74, 6) is 0.547. The van der Waals surface area contributed by atoms with E-state index in [1.54, 1.807) is 4.90 Å². The highest BCUT2D eigenvalue weighted by Crippen LogP contribution is 2.18. The maximum Gasteiger partial charge on any atom is 0.410 e. The molecule has 1 saturated heterocycles. The van der Waals surface area contributed by atoms with Crippen molar-refractivity contribution in [2.75, 3.05) is 31.1 Å². The third-order valence-corrected chi connectivity index (χ3v) is 5.54. The predicted molar refractivity (Wildman–Crippen MR) is 123 cm³/mol. The summed E-state index contributed by atoms with van der Waals surface area (Å²) in [6, 6.07) is 9.90. The zero-order valence-electron chi connectivity index (χ0n) is 18.5. The third kappa shape index (κ3) is 4.88. The quantitative estimate of drug-likeness (QED) is 0.603. The van der Waals surface area contributed by atoms with Gasteiger partial charge < -0.3 is 19.5 Å². The van der Waals surface area contributed by atoms with Gasteiger partial charge in [-0.25, -0.2) is 4.79 Å². The second kappa shape index (κ2) is 8.82. The minimum Gasteiger partial charge on any atom is -0.444 e. The molecule has 4 rings (SSSR count). The number of hydrogen-bond acceptors (Lipinski definition) is 6. The fraction of sp³-hybridized carbons (Fsp3) is 0.455. The van der Waals surface area contributed by atoms with Crippen LogP contribution in [0.4, 0.5) is 10.7 Å². The molecular weight excluding hydrogens is 432 g/mol. The average Bonchev–Trinajstić information content (AvgIpc) is 3.17. The molecule has 9 nitrogen and oxygen atoms in total. The molecule has 0 spiro atoms. The predicted octanol–water partition coefficient (Wildman–Crippen LogP) is 3.07. The van der Waals surface area contributed by atoms with Gasteiger partial charge in [-0.15, -0.1) is 0 Å². The number of nitrogens with zero attached hydrogens (tertiary/aromatic N) is 5. The van der Waals surface area contributed by atoms with Crippen LogP contribution in [0.1, 0.15) is 26.3 Å². The lowest BCUT2D eigenvalue weighted by molar-refractivity contribution is 0.0240. The minimum atomic E-state index is -0.529. The van der Waals surface area contributed by atoms with Gasteiger partial charge in [-0.3, -0.25) is 9.36 Å². The Labute approximate surface area is 191 Å². The molecule has 1 aliphatic rings. The highest BCUT2D eigenvalue weighted by molar-refractivity contribution is 6.28. The van der Waals surface area contributed by atoms with Crippen LogP contribution in [0.25, 0.3) is 11.2 Å². The van der Waals surface area contributed by atoms with Gasteiger partial charge >= 0.3 is 6.09 Å². The Morgan fingerprint density at radius 3 is 2.47 bits per heavy atom. The summed E-state index contributed by atoms with van der Waals surface area (Å²) in [6.07, 6.45) is 0.345. The van der Waals surface area contributed by atoms with Gasteiger partial charge in [0.15, 0.2) is 11.2 Å². The lowest BCUT2D eigenvalue weighted by Gasteiger charge is -2.35. The molecule has 2 aromatic heterocycles. The number of ether oxygens (including phenoxy) is 1. The Hall–Kier alpha value is -3.07. The lowest BCUT2D eigenvalue weighted by atomic mass is 10.1. The van der Waals surface area contributed by atoms with Gasteiger partial charge in [0.2, 0.25) is 11.2 Å². The number of aromatic amines is 1. The van der Waals surface area contributed by atoms with Gasteiger partial charge in [0.05, 0.1) is 0 Å². The van der Waals surface area contributed by atoms with Gasteiger partial charge in [0.1, 0.15) is 5.60 Å². The lowest BCUT2D eigenvalue weighted by Crippen LogP contribution is -2.50. The van der Waals surface area contributed by atoms with Crippen LogP contribution in [0.15, 0.2) is 35.1 Å². The molecule has 0 unspecified atom stereocenters. The molecule has 0 atom stereocenters. The summed E-state index contributed by atoms with van der Waals surface area (Å²) in [5.41, 5.74) is 0.955. The fourth-order valence-electron chi connectivity index (χ4n) is 3.60. The van der Waals surface area contributed by atoms with Crippen LogP contribution < -0.4 is 10.5 Å². The average molecular weight is 459 g/mol. The number of carbonyl (C=O) groups excluding carboxylic acids is 1. The molecule has 0 aliphatic carbocycles. The van der Waals surface area contributed by atoms with Crippen LogP contribution in [0.5, 0.6) is 0 Å². The standard InChI is InChI=1S/C22H27ClN6O3/c1-22(2,3)32-21(31)28-13-11-27(12-14-28)20-24-16-17(26-20)25-19(23)29(18(16)30)10-9-15-7-5-4-6-8-15/h4-8H,9-14H2,1-3H3,(H,24,26). The molecule has 0 bridgehead atoms. The van der Waals surface area contributed by atoms with E-state index in [2.05, 4.69) is 15.0 Å². The number of nitrogens with one attached hydrogen (secondary N) is 1. The van der Waals surface area contributed by atoms with Crippen LogP contribution in [-0.2, 0) is 17.7 Å². The van der Waals surface area contributed by atoms with Gasteiger partial charge in [-0.2, -0.15) is 9.97 Å². The first-order valence-electron chi connectivity index (χ1n) is 10.6. The van der Waals surface area contributed by atoms with E-state index >= 15 is 0 Å². The Kier molecular flexibility index (Phi) is 6.10. The van der Waals surface area contributed by atoms with Crippen molar-refractivity contribution in [3.05, 3.63) is 51.5 Å². The van der Waals surface area contributed by atoms with E-state index in [0.717, 1.165) is 5.56 Å². The van der Waals surface area contributed by atoms with Crippen molar-refractivity contribution in [3.63, 3.8) is 0 Å². The van der Waals surface area contributed by atoms with Gasteiger partial charge in [0, 0.05) is 32.7 Å². The summed E-state index contributed by atoms with van der Waals surface area (Å²) in [6.45, 7) is 8.10. The van der Waals surface area contributed by atoms with E-state index in [9.17, 15) is 9.59 Å². The molecule has 1 aliphatic heterocycles. The number of aromatic nitrogens is 4. The van der Waals surface area contributed by atoms with E-state index in [-0.39, 0.29) is 16.9 Å². The minimum absolute atomic E-state index is 0.117. The van der Waals surface area contributed by atoms with E-state index in [0.29, 0.717) is 56.3 Å². The van der Waals surface area contributed by atoms with E-state index < -0.39 is 5.60 Å². The number of halogens is 1. The monoisotopic (exact) mass is 458 g/mol. The smallest absolute Gasteiger partial charge is 0.410 e. The highest BCUT2D eigenvalue weighted by atomic mass is 35.5. The van der Waals surface area contributed by atoms with Crippen LogP contribution in [0, 0.1) is 0 Å². The molecule has 3 heterocycles. The second-order valence-electron chi connectivity index (χ2n) is 8.79. The normalized spacial score (nSPS) is 14.8. The molecule has 1 amide bonds. The molecular formula is C22H27ClN6O3. The molecule has 1 aromatic carbocycles. The topological polar surface area (TPSA) is 96.3 Å². The van der Waals surface area contributed by atoms with Crippen molar-refractivity contribution < 1.29 is 9.53 Å². The second-order valence-corrected chi connectivity index (χ2v) is 9.12. The molecule has 10 heteroatoms. The van der Waals surface area contributed by atoms with Gasteiger partial charge in [0.25, 0.3) is 5.56 Å². The SMILES string of the molecule is CC(C)(C)OC(=O)N1CCN(c2nc3nc(Cl)n(CCc4ccccc4)c(=O)c3[nH]2)CC1. The fourth-order valence-corrected chi connectivity index (χ4v) is 3.85. The largest absolute Gasteiger partial charge is 0.444 e. The number of rotatable bonds is 4. The first-order chi connectivity index (χ1) is 15.2. The van der Waals surface area contributed by atoms with Crippen LogP contribution in [-0.4, -0.2) is 62.3 Å². The molecule has 170 valence electrons. The Bertz CT molecular complexity index is 1160. The molecule has 0 saturated carbocycles. The first kappa shape index (κ1) is 22.1. The zero-order valence-corrected chi connectivity index (χ0v) is 19.2. The van der Waals surface area contributed by atoms with E-state index in [4.69, 9.17) is 16.3 Å². The van der Waals surface area contributed by atoms with Crippen molar-refractivity contribution in [1.82, 2.24) is 24.4 Å². The summed E-state index contributed by atoms with van der Waals surface area (Å²) >= 11 is 6.30. The number of anilines is 1. The van der Waals surface area contributed by atoms with E-state index in [1.807, 2.05) is 56.0 Å².